The average Bonchev–Trinajstić information content (AvgIpc) is 2.93. The minimum atomic E-state index is -0.498. The fourth-order valence-corrected chi connectivity index (χ4v) is 2.05. The number of rotatable bonds is 6. The smallest absolute Gasteiger partial charge is 0.162 e. The molecule has 0 aliphatic carbocycles. The summed E-state index contributed by atoms with van der Waals surface area (Å²) in [5.41, 5.74) is 1.32. The number of hydrogen-bond acceptors (Lipinski definition) is 5. The van der Waals surface area contributed by atoms with Crippen molar-refractivity contribution in [1.29, 1.82) is 0 Å². The SMILES string of the molecule is CCNc1cc(-c2cnn(C)c2)nc(C(C)(CC)OC)n1. The Morgan fingerprint density at radius 1 is 1.33 bits per heavy atom. The third-order valence-electron chi connectivity index (χ3n) is 3.68. The van der Waals surface area contributed by atoms with Gasteiger partial charge in [-0.05, 0) is 20.3 Å². The van der Waals surface area contributed by atoms with Gasteiger partial charge < -0.3 is 10.1 Å². The molecule has 6 heteroatoms. The van der Waals surface area contributed by atoms with Gasteiger partial charge in [-0.2, -0.15) is 5.10 Å². The second-order valence-corrected chi connectivity index (χ2v) is 5.18. The van der Waals surface area contributed by atoms with Crippen molar-refractivity contribution in [3.05, 3.63) is 24.3 Å². The molecule has 2 aromatic rings. The summed E-state index contributed by atoms with van der Waals surface area (Å²) in [7, 11) is 3.58. The van der Waals surface area contributed by atoms with E-state index in [1.165, 1.54) is 0 Å². The third kappa shape index (κ3) is 3.21. The normalized spacial score (nSPS) is 14.0. The minimum Gasteiger partial charge on any atom is -0.371 e. The lowest BCUT2D eigenvalue weighted by Crippen LogP contribution is -2.27. The Bertz CT molecular complexity index is 604. The van der Waals surface area contributed by atoms with Gasteiger partial charge in [0.25, 0.3) is 0 Å². The number of ether oxygens (including phenoxy) is 1. The van der Waals surface area contributed by atoms with Gasteiger partial charge in [-0.15, -0.1) is 0 Å². The van der Waals surface area contributed by atoms with E-state index in [1.54, 1.807) is 18.0 Å². The highest BCUT2D eigenvalue weighted by Crippen LogP contribution is 2.29. The van der Waals surface area contributed by atoms with Gasteiger partial charge in [-0.25, -0.2) is 9.97 Å². The van der Waals surface area contributed by atoms with Gasteiger partial charge in [0.05, 0.1) is 11.9 Å². The van der Waals surface area contributed by atoms with Crippen molar-refractivity contribution in [3.8, 4) is 11.3 Å². The van der Waals surface area contributed by atoms with Crippen molar-refractivity contribution in [2.75, 3.05) is 19.0 Å². The van der Waals surface area contributed by atoms with Crippen LogP contribution in [-0.4, -0.2) is 33.4 Å². The number of aromatic nitrogens is 4. The van der Waals surface area contributed by atoms with Crippen LogP contribution in [0.15, 0.2) is 18.5 Å². The van der Waals surface area contributed by atoms with Crippen LogP contribution in [0.25, 0.3) is 11.3 Å². The maximum Gasteiger partial charge on any atom is 0.162 e. The number of aryl methyl sites for hydroxylation is 1. The molecule has 1 atom stereocenters. The van der Waals surface area contributed by atoms with Gasteiger partial charge in [-0.1, -0.05) is 6.92 Å². The van der Waals surface area contributed by atoms with Gasteiger partial charge in [0.1, 0.15) is 11.4 Å². The topological polar surface area (TPSA) is 64.9 Å². The van der Waals surface area contributed by atoms with Gasteiger partial charge in [0, 0.05) is 38.5 Å². The van der Waals surface area contributed by atoms with Crippen LogP contribution in [0, 0.1) is 0 Å². The maximum absolute atomic E-state index is 5.63. The zero-order valence-corrected chi connectivity index (χ0v) is 13.3. The first-order chi connectivity index (χ1) is 10.0. The molecule has 1 N–H and O–H groups in total. The molecule has 0 bridgehead atoms. The molecule has 0 saturated carbocycles. The summed E-state index contributed by atoms with van der Waals surface area (Å²) < 4.78 is 7.39. The van der Waals surface area contributed by atoms with Crippen LogP contribution >= 0.6 is 0 Å². The zero-order chi connectivity index (χ0) is 15.5. The first kappa shape index (κ1) is 15.4. The van der Waals surface area contributed by atoms with E-state index in [1.807, 2.05) is 33.2 Å². The Kier molecular flexibility index (Phi) is 4.57. The zero-order valence-electron chi connectivity index (χ0n) is 13.3. The van der Waals surface area contributed by atoms with E-state index < -0.39 is 5.60 Å². The average molecular weight is 289 g/mol. The maximum atomic E-state index is 5.63. The lowest BCUT2D eigenvalue weighted by Gasteiger charge is -2.25. The van der Waals surface area contributed by atoms with Crippen LogP contribution in [0.2, 0.25) is 0 Å². The lowest BCUT2D eigenvalue weighted by molar-refractivity contribution is -0.00877. The highest BCUT2D eigenvalue weighted by Gasteiger charge is 2.28. The van der Waals surface area contributed by atoms with E-state index >= 15 is 0 Å². The molecule has 0 amide bonds. The van der Waals surface area contributed by atoms with Crippen LogP contribution in [0.1, 0.15) is 33.0 Å². The molecule has 0 fully saturated rings. The van der Waals surface area contributed by atoms with Crippen molar-refractivity contribution in [2.45, 2.75) is 32.8 Å². The number of anilines is 1. The standard InChI is InChI=1S/C15H23N5O/c1-6-15(3,21-5)14-18-12(8-13(19-14)16-7-2)11-9-17-20(4)10-11/h8-10H,6-7H2,1-5H3,(H,16,18,19). The van der Waals surface area contributed by atoms with Crippen LogP contribution in [0.5, 0.6) is 0 Å². The number of nitrogens with zero attached hydrogens (tertiary/aromatic N) is 4. The first-order valence-corrected chi connectivity index (χ1v) is 7.20. The molecule has 0 aliphatic heterocycles. The molecular weight excluding hydrogens is 266 g/mol. The molecular formula is C15H23N5O. The highest BCUT2D eigenvalue weighted by molar-refractivity contribution is 5.61. The Morgan fingerprint density at radius 2 is 2.10 bits per heavy atom. The number of hydrogen-bond donors (Lipinski definition) is 1. The van der Waals surface area contributed by atoms with E-state index in [9.17, 15) is 0 Å². The third-order valence-corrected chi connectivity index (χ3v) is 3.68. The Morgan fingerprint density at radius 3 is 2.62 bits per heavy atom. The summed E-state index contributed by atoms with van der Waals surface area (Å²) >= 11 is 0. The van der Waals surface area contributed by atoms with Gasteiger partial charge in [0.2, 0.25) is 0 Å². The van der Waals surface area contributed by atoms with Gasteiger partial charge in [0.15, 0.2) is 5.82 Å². The highest BCUT2D eigenvalue weighted by atomic mass is 16.5. The molecule has 2 rings (SSSR count). The fourth-order valence-electron chi connectivity index (χ4n) is 2.05. The monoisotopic (exact) mass is 289 g/mol. The number of nitrogens with one attached hydrogen (secondary N) is 1. The quantitative estimate of drug-likeness (QED) is 0.885. The number of methoxy groups -OCH3 is 1. The molecule has 0 saturated heterocycles. The Hall–Kier alpha value is -1.95. The summed E-state index contributed by atoms with van der Waals surface area (Å²) in [6.45, 7) is 6.92. The van der Waals surface area contributed by atoms with Crippen molar-refractivity contribution in [3.63, 3.8) is 0 Å². The molecule has 21 heavy (non-hydrogen) atoms. The van der Waals surface area contributed by atoms with Crippen molar-refractivity contribution in [2.24, 2.45) is 7.05 Å². The van der Waals surface area contributed by atoms with Crippen LogP contribution < -0.4 is 5.32 Å². The summed E-state index contributed by atoms with van der Waals surface area (Å²) in [5, 5.41) is 7.46. The van der Waals surface area contributed by atoms with Gasteiger partial charge >= 0.3 is 0 Å². The predicted octanol–water partition coefficient (Wildman–Crippen LogP) is 2.58. The van der Waals surface area contributed by atoms with Crippen molar-refractivity contribution in [1.82, 2.24) is 19.7 Å². The first-order valence-electron chi connectivity index (χ1n) is 7.20. The largest absolute Gasteiger partial charge is 0.371 e. The second kappa shape index (κ2) is 6.22. The van der Waals surface area contributed by atoms with E-state index in [4.69, 9.17) is 4.74 Å². The summed E-state index contributed by atoms with van der Waals surface area (Å²) in [6, 6.07) is 1.94. The van der Waals surface area contributed by atoms with Crippen LogP contribution in [0.3, 0.4) is 0 Å². The van der Waals surface area contributed by atoms with Crippen molar-refractivity contribution >= 4 is 5.82 Å². The second-order valence-electron chi connectivity index (χ2n) is 5.18. The van der Waals surface area contributed by atoms with Crippen molar-refractivity contribution < 1.29 is 4.74 Å². The summed E-state index contributed by atoms with van der Waals surface area (Å²) in [5.74, 6) is 1.49. The summed E-state index contributed by atoms with van der Waals surface area (Å²) in [6.07, 6.45) is 4.54. The van der Waals surface area contributed by atoms with Crippen LogP contribution in [0.4, 0.5) is 5.82 Å². The van der Waals surface area contributed by atoms with E-state index in [2.05, 4.69) is 27.3 Å². The van der Waals surface area contributed by atoms with E-state index in [0.29, 0.717) is 5.82 Å². The predicted molar refractivity (Wildman–Crippen MR) is 83.0 cm³/mol. The Balaban J connectivity index is 2.53. The molecule has 2 heterocycles. The molecule has 2 aromatic heterocycles. The molecule has 114 valence electrons. The molecule has 6 nitrogen and oxygen atoms in total. The van der Waals surface area contributed by atoms with Crippen LogP contribution in [-0.2, 0) is 17.4 Å². The lowest BCUT2D eigenvalue weighted by atomic mass is 10.0. The molecule has 0 aromatic carbocycles. The van der Waals surface area contributed by atoms with E-state index in [0.717, 1.165) is 30.0 Å². The fraction of sp³-hybridized carbons (Fsp3) is 0.533. The van der Waals surface area contributed by atoms with Gasteiger partial charge in [-0.3, -0.25) is 4.68 Å². The molecule has 0 spiro atoms. The minimum absolute atomic E-state index is 0.498. The Labute approximate surface area is 125 Å². The molecule has 0 aliphatic rings. The molecule has 1 unspecified atom stereocenters. The molecule has 0 radical (unpaired) electrons. The van der Waals surface area contributed by atoms with E-state index in [-0.39, 0.29) is 0 Å². The summed E-state index contributed by atoms with van der Waals surface area (Å²) in [4.78, 5) is 9.28.